The molecule has 0 radical (unpaired) electrons. The Morgan fingerprint density at radius 3 is 0.519 bits per heavy atom. The highest BCUT2D eigenvalue weighted by Crippen LogP contribution is 2.56. The van der Waals surface area contributed by atoms with Crippen molar-refractivity contribution in [3.8, 4) is 57.1 Å². The summed E-state index contributed by atoms with van der Waals surface area (Å²) in [5, 5.41) is 31.3. The van der Waals surface area contributed by atoms with Gasteiger partial charge in [-0.25, -0.2) is 0 Å². The van der Waals surface area contributed by atoms with E-state index in [4.69, 9.17) is 0 Å². The predicted octanol–water partition coefficient (Wildman–Crippen LogP) is 27.5. The van der Waals surface area contributed by atoms with Gasteiger partial charge in [0.05, 0.1) is 90.1 Å². The predicted molar refractivity (Wildman–Crippen MR) is 454 cm³/mol. The van der Waals surface area contributed by atoms with Crippen LogP contribution in [0.5, 0.6) is 0 Å². The van der Waals surface area contributed by atoms with Crippen molar-refractivity contribution in [2.75, 3.05) is 0 Å². The molecule has 4 heterocycles. The summed E-state index contributed by atoms with van der Waals surface area (Å²) >= 11 is 0. The van der Waals surface area contributed by atoms with Crippen molar-refractivity contribution >= 4 is 87.2 Å². The Hall–Kier alpha value is -10.4. The summed E-state index contributed by atoms with van der Waals surface area (Å²) in [7, 11) is 0. The standard InChI is InChI=1S/C100H104N6/c1-93(2,3)63-33-41-79-71(49-63)72-50-64(94(4,5)6)34-42-80(72)103(79)89-87(61-29-25-59(57-101)26-30-61)90(104-81-43-35-65(95(7,8)9)51-73(81)74-52-66(96(10,11)12)36-44-82(74)104)92(106-85-47-39-69(99(19,20)21)55-77(85)78-56-70(100(22,23)24)40-48-86(78)106)91(88(89)62-31-27-60(58-102)28-32-62)105-83-45-37-67(97(13,14)15)53-75(83)76-54-68(98(16,17)18)38-46-84(76)105/h25-56H,1-24H3. The van der Waals surface area contributed by atoms with E-state index in [1.54, 1.807) is 0 Å². The fourth-order valence-corrected chi connectivity index (χ4v) is 16.3. The van der Waals surface area contributed by atoms with E-state index in [1.807, 2.05) is 24.3 Å². The minimum atomic E-state index is -0.182. The highest BCUT2D eigenvalue weighted by atomic mass is 15.1. The molecule has 0 aliphatic rings. The molecule has 0 spiro atoms. The molecule has 0 saturated carbocycles. The van der Waals surface area contributed by atoms with Gasteiger partial charge in [0, 0.05) is 54.2 Å². The number of rotatable bonds is 6. The van der Waals surface area contributed by atoms with Crippen LogP contribution in [0.1, 0.15) is 222 Å². The molecular formula is C100H104N6. The maximum atomic E-state index is 11.0. The second-order valence-corrected chi connectivity index (χ2v) is 38.7. The summed E-state index contributed by atoms with van der Waals surface area (Å²) in [6.45, 7) is 55.8. The van der Waals surface area contributed by atoms with Crippen LogP contribution in [0.2, 0.25) is 0 Å². The maximum absolute atomic E-state index is 11.0. The van der Waals surface area contributed by atoms with Gasteiger partial charge >= 0.3 is 0 Å². The Balaban J connectivity index is 1.37. The number of aromatic nitrogens is 4. The van der Waals surface area contributed by atoms with Crippen LogP contribution in [0.25, 0.3) is 132 Å². The Kier molecular flexibility index (Phi) is 16.2. The van der Waals surface area contributed by atoms with E-state index in [1.165, 1.54) is 76.8 Å². The van der Waals surface area contributed by atoms with Gasteiger partial charge in [-0.3, -0.25) is 0 Å². The molecule has 0 unspecified atom stereocenters. The molecule has 11 aromatic carbocycles. The highest BCUT2D eigenvalue weighted by Gasteiger charge is 2.38. The van der Waals surface area contributed by atoms with Crippen LogP contribution < -0.4 is 0 Å². The van der Waals surface area contributed by atoms with Crippen LogP contribution in [-0.4, -0.2) is 18.3 Å². The maximum Gasteiger partial charge on any atom is 0.0991 e. The van der Waals surface area contributed by atoms with Gasteiger partial charge < -0.3 is 18.3 Å². The molecule has 0 aliphatic carbocycles. The van der Waals surface area contributed by atoms with Gasteiger partial charge in [-0.1, -0.05) is 239 Å². The third-order valence-electron chi connectivity index (χ3n) is 22.9. The zero-order valence-corrected chi connectivity index (χ0v) is 67.2. The monoisotopic (exact) mass is 1390 g/mol. The largest absolute Gasteiger partial charge is 0.308 e. The normalized spacial score (nSPS) is 13.3. The Labute approximate surface area is 628 Å². The van der Waals surface area contributed by atoms with Crippen molar-refractivity contribution in [2.45, 2.75) is 209 Å². The second-order valence-electron chi connectivity index (χ2n) is 38.7. The number of hydrogen-bond donors (Lipinski definition) is 0. The molecule has 0 fully saturated rings. The van der Waals surface area contributed by atoms with Crippen molar-refractivity contribution in [3.63, 3.8) is 0 Å². The molecule has 15 aromatic rings. The highest BCUT2D eigenvalue weighted by molar-refractivity contribution is 6.19. The molecule has 0 amide bonds. The lowest BCUT2D eigenvalue weighted by atomic mass is 9.85. The zero-order chi connectivity index (χ0) is 76.0. The van der Waals surface area contributed by atoms with Crippen LogP contribution in [0.15, 0.2) is 194 Å². The second kappa shape index (κ2) is 24.1. The van der Waals surface area contributed by atoms with Crippen LogP contribution in [0.3, 0.4) is 0 Å². The van der Waals surface area contributed by atoms with Crippen molar-refractivity contribution in [3.05, 3.63) is 250 Å². The van der Waals surface area contributed by atoms with Gasteiger partial charge in [-0.15, -0.1) is 0 Å². The fourth-order valence-electron chi connectivity index (χ4n) is 16.3. The summed E-state index contributed by atoms with van der Waals surface area (Å²) < 4.78 is 10.6. The van der Waals surface area contributed by atoms with Gasteiger partial charge in [0.2, 0.25) is 0 Å². The van der Waals surface area contributed by atoms with E-state index in [0.717, 1.165) is 99.9 Å². The summed E-state index contributed by atoms with van der Waals surface area (Å²) in [6.07, 6.45) is 0. The summed E-state index contributed by atoms with van der Waals surface area (Å²) in [5.41, 5.74) is 25.9. The average molecular weight is 1390 g/mol. The van der Waals surface area contributed by atoms with Gasteiger partial charge in [0.25, 0.3) is 0 Å². The van der Waals surface area contributed by atoms with Crippen molar-refractivity contribution in [1.82, 2.24) is 18.3 Å². The van der Waals surface area contributed by atoms with Crippen molar-refractivity contribution in [2.24, 2.45) is 0 Å². The van der Waals surface area contributed by atoms with Gasteiger partial charge in [-0.2, -0.15) is 10.5 Å². The number of hydrogen-bond acceptors (Lipinski definition) is 2. The Bertz CT molecular complexity index is 5730. The van der Waals surface area contributed by atoms with Gasteiger partial charge in [0.1, 0.15) is 0 Å². The number of fused-ring (bicyclic) bond motifs is 12. The van der Waals surface area contributed by atoms with Gasteiger partial charge in [0.15, 0.2) is 0 Å². The first kappa shape index (κ1) is 71.2. The van der Waals surface area contributed by atoms with E-state index < -0.39 is 0 Å². The van der Waals surface area contributed by atoms with Crippen LogP contribution >= 0.6 is 0 Å². The van der Waals surface area contributed by atoms with Gasteiger partial charge in [-0.05, 0) is 220 Å². The van der Waals surface area contributed by atoms with E-state index >= 15 is 0 Å². The lowest BCUT2D eigenvalue weighted by Gasteiger charge is -2.32. The van der Waals surface area contributed by atoms with Crippen LogP contribution in [-0.2, 0) is 43.3 Å². The molecule has 6 nitrogen and oxygen atoms in total. The fraction of sp³-hybridized carbons (Fsp3) is 0.320. The molecular weight excluding hydrogens is 1290 g/mol. The number of nitriles is 2. The Morgan fingerprint density at radius 2 is 0.358 bits per heavy atom. The summed E-state index contributed by atoms with van der Waals surface area (Å²) in [6, 6.07) is 80.0. The topological polar surface area (TPSA) is 67.3 Å². The Morgan fingerprint density at radius 1 is 0.198 bits per heavy atom. The quantitative estimate of drug-likeness (QED) is 0.166. The summed E-state index contributed by atoms with van der Waals surface area (Å²) in [5.74, 6) is 0. The molecule has 15 rings (SSSR count). The first-order valence-electron chi connectivity index (χ1n) is 38.2. The van der Waals surface area contributed by atoms with E-state index in [2.05, 4.69) is 366 Å². The molecule has 106 heavy (non-hydrogen) atoms. The molecule has 4 aromatic heterocycles. The third kappa shape index (κ3) is 11.7. The zero-order valence-electron chi connectivity index (χ0n) is 67.2. The number of benzene rings is 11. The molecule has 0 bridgehead atoms. The first-order chi connectivity index (χ1) is 49.5. The summed E-state index contributed by atoms with van der Waals surface area (Å²) in [4.78, 5) is 0. The molecule has 0 atom stereocenters. The van der Waals surface area contributed by atoms with E-state index in [-0.39, 0.29) is 43.3 Å². The lowest BCUT2D eigenvalue weighted by Crippen LogP contribution is -2.17. The minimum Gasteiger partial charge on any atom is -0.308 e. The third-order valence-corrected chi connectivity index (χ3v) is 22.9. The van der Waals surface area contributed by atoms with Crippen LogP contribution in [0, 0.1) is 22.7 Å². The lowest BCUT2D eigenvalue weighted by molar-refractivity contribution is 0.590. The molecule has 534 valence electrons. The minimum absolute atomic E-state index is 0.177. The molecule has 0 N–H and O–H groups in total. The SMILES string of the molecule is CC(C)(C)c1ccc2c(c1)c1cc(C(C)(C)C)ccc1n2-c1c(-c2ccc(C#N)cc2)c(-n2c3ccc(C(C)(C)C)cc3c3cc(C(C)(C)C)ccc32)c(-n2c3ccc(C(C)(C)C)cc3c3cc(C(C)(C)C)ccc32)c(-n2c3ccc(C(C)(C)C)cc3c3cc(C(C)(C)C)ccc32)c1-c1ccc(C#N)cc1. The van der Waals surface area contributed by atoms with E-state index in [0.29, 0.717) is 11.1 Å². The first-order valence-corrected chi connectivity index (χ1v) is 38.2. The molecule has 6 heteroatoms. The number of nitrogens with zero attached hydrogens (tertiary/aromatic N) is 6. The smallest absolute Gasteiger partial charge is 0.0991 e. The van der Waals surface area contributed by atoms with Crippen molar-refractivity contribution in [1.29, 1.82) is 10.5 Å². The molecule has 0 saturated heterocycles. The van der Waals surface area contributed by atoms with E-state index in [9.17, 15) is 10.5 Å². The average Bonchev–Trinajstić information content (AvgIpc) is 1.46. The molecule has 0 aliphatic heterocycles. The van der Waals surface area contributed by atoms with Crippen LogP contribution in [0.4, 0.5) is 0 Å². The van der Waals surface area contributed by atoms with Crippen molar-refractivity contribution < 1.29 is 0 Å².